The fraction of sp³-hybridized carbons (Fsp3) is 0.259. The van der Waals surface area contributed by atoms with Crippen molar-refractivity contribution < 1.29 is 14.6 Å². The van der Waals surface area contributed by atoms with Gasteiger partial charge in [0.05, 0.1) is 11.1 Å². The van der Waals surface area contributed by atoms with E-state index in [-0.39, 0.29) is 11.5 Å². The number of pyridine rings is 1. The van der Waals surface area contributed by atoms with Gasteiger partial charge in [-0.3, -0.25) is 9.69 Å². The Hall–Kier alpha value is -3.64. The van der Waals surface area contributed by atoms with Crippen LogP contribution in [0, 0.1) is 13.8 Å². The number of carbonyl (C=O) groups is 1. The van der Waals surface area contributed by atoms with Gasteiger partial charge in [-0.2, -0.15) is 0 Å². The van der Waals surface area contributed by atoms with Gasteiger partial charge in [0.25, 0.3) is 0 Å². The lowest BCUT2D eigenvalue weighted by Crippen LogP contribution is -2.46. The number of nitrogens with zero attached hydrogens (tertiary/aromatic N) is 3. The summed E-state index contributed by atoms with van der Waals surface area (Å²) in [6.45, 7) is 7.75. The Kier molecular flexibility index (Phi) is 5.60. The summed E-state index contributed by atoms with van der Waals surface area (Å²) in [5.41, 5.74) is 4.01. The topological polar surface area (TPSA) is 65.9 Å². The number of hydrogen-bond donors (Lipinski definition) is 1. The fourth-order valence-electron chi connectivity index (χ4n) is 4.45. The first-order valence-corrected chi connectivity index (χ1v) is 11.2. The quantitative estimate of drug-likeness (QED) is 0.608. The van der Waals surface area contributed by atoms with E-state index in [1.807, 2.05) is 62.5 Å². The van der Waals surface area contributed by atoms with Crippen LogP contribution in [0.1, 0.15) is 32.6 Å². The molecule has 1 N–H and O–H groups in total. The summed E-state index contributed by atoms with van der Waals surface area (Å²) in [7, 11) is 0. The van der Waals surface area contributed by atoms with Crippen molar-refractivity contribution in [3.8, 4) is 11.5 Å². The van der Waals surface area contributed by atoms with Gasteiger partial charge in [-0.15, -0.1) is 0 Å². The maximum atomic E-state index is 13.1. The van der Waals surface area contributed by atoms with Crippen molar-refractivity contribution in [2.45, 2.75) is 20.4 Å². The second kappa shape index (κ2) is 8.71. The van der Waals surface area contributed by atoms with Crippen molar-refractivity contribution in [1.82, 2.24) is 9.88 Å². The van der Waals surface area contributed by atoms with Gasteiger partial charge < -0.3 is 14.7 Å². The fourth-order valence-corrected chi connectivity index (χ4v) is 4.45. The first-order chi connectivity index (χ1) is 16.0. The molecule has 6 nitrogen and oxygen atoms in total. The average molecular weight is 442 g/mol. The Morgan fingerprint density at radius 1 is 1.06 bits per heavy atom. The SMILES string of the molecule is Cc1ccc(/C=C2\Oc3c(CN4CCN(c5ccccn5)CC4)c(O)cc(C)c3C2=O)cc1. The van der Waals surface area contributed by atoms with Gasteiger partial charge in [0.15, 0.2) is 5.76 Å². The molecule has 1 saturated heterocycles. The summed E-state index contributed by atoms with van der Waals surface area (Å²) in [6, 6.07) is 15.6. The van der Waals surface area contributed by atoms with E-state index in [0.29, 0.717) is 29.2 Å². The molecule has 1 aromatic heterocycles. The number of hydrogen-bond acceptors (Lipinski definition) is 6. The number of fused-ring (bicyclic) bond motifs is 1. The van der Waals surface area contributed by atoms with Gasteiger partial charge in [0.2, 0.25) is 5.78 Å². The molecule has 0 spiro atoms. The van der Waals surface area contributed by atoms with Gasteiger partial charge >= 0.3 is 0 Å². The third-order valence-electron chi connectivity index (χ3n) is 6.32. The van der Waals surface area contributed by atoms with Crippen molar-refractivity contribution in [3.63, 3.8) is 0 Å². The number of aromatic nitrogens is 1. The Morgan fingerprint density at radius 2 is 1.82 bits per heavy atom. The molecule has 0 atom stereocenters. The molecule has 0 bridgehead atoms. The molecule has 0 aliphatic carbocycles. The van der Waals surface area contributed by atoms with Crippen LogP contribution < -0.4 is 9.64 Å². The van der Waals surface area contributed by atoms with Crippen molar-refractivity contribution >= 4 is 17.7 Å². The highest BCUT2D eigenvalue weighted by atomic mass is 16.5. The molecule has 3 aromatic rings. The number of benzene rings is 2. The van der Waals surface area contributed by atoms with Crippen LogP contribution in [0.3, 0.4) is 0 Å². The molecule has 0 amide bonds. The lowest BCUT2D eigenvalue weighted by atomic mass is 9.99. The number of ether oxygens (including phenoxy) is 1. The second-order valence-corrected chi connectivity index (χ2v) is 8.70. The van der Waals surface area contributed by atoms with E-state index in [2.05, 4.69) is 14.8 Å². The monoisotopic (exact) mass is 441 g/mol. The van der Waals surface area contributed by atoms with Crippen molar-refractivity contribution in [2.24, 2.45) is 0 Å². The van der Waals surface area contributed by atoms with E-state index in [0.717, 1.165) is 48.7 Å². The van der Waals surface area contributed by atoms with Crippen LogP contribution in [-0.2, 0) is 6.54 Å². The summed E-state index contributed by atoms with van der Waals surface area (Å²) in [6.07, 6.45) is 3.58. The van der Waals surface area contributed by atoms with Gasteiger partial charge in [-0.05, 0) is 49.2 Å². The van der Waals surface area contributed by atoms with E-state index < -0.39 is 0 Å². The zero-order valence-electron chi connectivity index (χ0n) is 18.9. The van der Waals surface area contributed by atoms with Crippen LogP contribution in [0.25, 0.3) is 6.08 Å². The Bertz CT molecular complexity index is 1210. The molecule has 3 heterocycles. The molecule has 2 aliphatic heterocycles. The third kappa shape index (κ3) is 4.22. The number of rotatable bonds is 4. The molecule has 0 radical (unpaired) electrons. The second-order valence-electron chi connectivity index (χ2n) is 8.70. The predicted octanol–water partition coefficient (Wildman–Crippen LogP) is 4.34. The summed E-state index contributed by atoms with van der Waals surface area (Å²) in [4.78, 5) is 22.1. The molecule has 168 valence electrons. The maximum absolute atomic E-state index is 13.1. The van der Waals surface area contributed by atoms with Crippen LogP contribution in [-0.4, -0.2) is 47.0 Å². The van der Waals surface area contributed by atoms with E-state index in [9.17, 15) is 9.90 Å². The lowest BCUT2D eigenvalue weighted by Gasteiger charge is -2.35. The van der Waals surface area contributed by atoms with Crippen LogP contribution in [0.2, 0.25) is 0 Å². The van der Waals surface area contributed by atoms with Gasteiger partial charge in [-0.25, -0.2) is 4.98 Å². The number of aryl methyl sites for hydroxylation is 2. The van der Waals surface area contributed by atoms with E-state index in [1.54, 1.807) is 12.1 Å². The van der Waals surface area contributed by atoms with Crippen LogP contribution in [0.5, 0.6) is 11.5 Å². The number of aromatic hydroxyl groups is 1. The van der Waals surface area contributed by atoms with Gasteiger partial charge in [-0.1, -0.05) is 35.9 Å². The highest BCUT2D eigenvalue weighted by Gasteiger charge is 2.34. The van der Waals surface area contributed by atoms with Crippen LogP contribution in [0.15, 0.2) is 60.5 Å². The molecule has 0 saturated carbocycles. The number of phenolic OH excluding ortho intramolecular Hbond substituents is 1. The Labute approximate surface area is 193 Å². The normalized spacial score (nSPS) is 17.3. The summed E-state index contributed by atoms with van der Waals surface area (Å²) in [5.74, 6) is 1.80. The summed E-state index contributed by atoms with van der Waals surface area (Å²) >= 11 is 0. The molecule has 0 unspecified atom stereocenters. The van der Waals surface area contributed by atoms with Gasteiger partial charge in [0, 0.05) is 38.9 Å². The smallest absolute Gasteiger partial charge is 0.232 e. The number of anilines is 1. The minimum absolute atomic E-state index is 0.135. The largest absolute Gasteiger partial charge is 0.507 e. The zero-order chi connectivity index (χ0) is 22.9. The number of Topliss-reactive ketones (excluding diaryl/α,β-unsaturated/α-hetero) is 1. The van der Waals surface area contributed by atoms with E-state index >= 15 is 0 Å². The molecular formula is C27H27N3O3. The molecule has 1 fully saturated rings. The number of carbonyl (C=O) groups excluding carboxylic acids is 1. The van der Waals surface area contributed by atoms with E-state index in [4.69, 9.17) is 4.74 Å². The summed E-state index contributed by atoms with van der Waals surface area (Å²) < 4.78 is 6.08. The highest BCUT2D eigenvalue weighted by molar-refractivity contribution is 6.15. The number of ketones is 1. The highest BCUT2D eigenvalue weighted by Crippen LogP contribution is 2.42. The van der Waals surface area contributed by atoms with Crippen molar-refractivity contribution in [2.75, 3.05) is 31.1 Å². The average Bonchev–Trinajstić information content (AvgIpc) is 3.15. The van der Waals surface area contributed by atoms with Crippen LogP contribution in [0.4, 0.5) is 5.82 Å². The van der Waals surface area contributed by atoms with E-state index in [1.165, 1.54) is 0 Å². The molecule has 2 aromatic carbocycles. The molecule has 2 aliphatic rings. The first kappa shape index (κ1) is 21.2. The Morgan fingerprint density at radius 3 is 2.52 bits per heavy atom. The molecule has 6 heteroatoms. The lowest BCUT2D eigenvalue weighted by molar-refractivity contribution is 0.101. The molecule has 5 rings (SSSR count). The number of allylic oxidation sites excluding steroid dienone is 1. The van der Waals surface area contributed by atoms with Crippen molar-refractivity contribution in [3.05, 3.63) is 88.3 Å². The molecule has 33 heavy (non-hydrogen) atoms. The van der Waals surface area contributed by atoms with Crippen molar-refractivity contribution in [1.29, 1.82) is 0 Å². The maximum Gasteiger partial charge on any atom is 0.232 e. The Balaban J connectivity index is 1.37. The predicted molar refractivity (Wildman–Crippen MR) is 129 cm³/mol. The number of piperazine rings is 1. The van der Waals surface area contributed by atoms with Gasteiger partial charge in [0.1, 0.15) is 17.3 Å². The minimum atomic E-state index is -0.135. The standard InChI is InChI=1S/C27H27N3O3/c1-18-6-8-20(9-7-18)16-23-26(32)25-19(2)15-22(31)21(27(25)33-23)17-29-11-13-30(14-12-29)24-5-3-4-10-28-24/h3-10,15-16,31H,11-14,17H2,1-2H3/b23-16-. The zero-order valence-corrected chi connectivity index (χ0v) is 18.9. The first-order valence-electron chi connectivity index (χ1n) is 11.2. The molecular weight excluding hydrogens is 414 g/mol. The number of phenols is 1. The third-order valence-corrected chi connectivity index (χ3v) is 6.32. The van der Waals surface area contributed by atoms with Crippen LogP contribution >= 0.6 is 0 Å². The minimum Gasteiger partial charge on any atom is -0.507 e. The summed E-state index contributed by atoms with van der Waals surface area (Å²) in [5, 5.41) is 10.8.